The Bertz CT molecular complexity index is 428. The molecule has 0 aliphatic heterocycles. The standard InChI is InChI=1S/C8H6ClIN2OS/c9-2-1-7-11-12-8(13-7)5-3-6(10)14-4-5/h3-4H,1-2H2. The zero-order chi connectivity index (χ0) is 9.97. The van der Waals surface area contributed by atoms with Crippen LogP contribution in [0.5, 0.6) is 0 Å². The highest BCUT2D eigenvalue weighted by Gasteiger charge is 2.09. The summed E-state index contributed by atoms with van der Waals surface area (Å²) in [6.45, 7) is 0. The van der Waals surface area contributed by atoms with Gasteiger partial charge in [0.1, 0.15) is 0 Å². The highest BCUT2D eigenvalue weighted by molar-refractivity contribution is 14.1. The van der Waals surface area contributed by atoms with Crippen molar-refractivity contribution in [1.29, 1.82) is 0 Å². The smallest absolute Gasteiger partial charge is 0.248 e. The number of nitrogens with zero attached hydrogens (tertiary/aromatic N) is 2. The maximum atomic E-state index is 5.57. The van der Waals surface area contributed by atoms with Crippen molar-refractivity contribution in [3.8, 4) is 11.5 Å². The van der Waals surface area contributed by atoms with Gasteiger partial charge >= 0.3 is 0 Å². The third kappa shape index (κ3) is 2.26. The zero-order valence-corrected chi connectivity index (χ0v) is 10.8. The van der Waals surface area contributed by atoms with Gasteiger partial charge in [0, 0.05) is 17.7 Å². The van der Waals surface area contributed by atoms with Crippen LogP contribution in [-0.2, 0) is 6.42 Å². The predicted molar refractivity (Wildman–Crippen MR) is 64.8 cm³/mol. The molecule has 74 valence electrons. The van der Waals surface area contributed by atoms with Crippen LogP contribution in [0.25, 0.3) is 11.5 Å². The molecular formula is C8H6ClIN2OS. The molecule has 14 heavy (non-hydrogen) atoms. The summed E-state index contributed by atoms with van der Waals surface area (Å²) in [6.07, 6.45) is 0.621. The predicted octanol–water partition coefficient (Wildman–Crippen LogP) is 3.18. The molecular weight excluding hydrogens is 335 g/mol. The summed E-state index contributed by atoms with van der Waals surface area (Å²) < 4.78 is 6.62. The topological polar surface area (TPSA) is 38.9 Å². The van der Waals surface area contributed by atoms with E-state index in [2.05, 4.69) is 32.8 Å². The fourth-order valence-electron chi connectivity index (χ4n) is 0.974. The Morgan fingerprint density at radius 2 is 2.36 bits per heavy atom. The van der Waals surface area contributed by atoms with Gasteiger partial charge in [-0.15, -0.1) is 33.1 Å². The number of aryl methyl sites for hydroxylation is 1. The highest BCUT2D eigenvalue weighted by atomic mass is 127. The van der Waals surface area contributed by atoms with Crippen molar-refractivity contribution in [3.63, 3.8) is 0 Å². The first kappa shape index (κ1) is 10.4. The second kappa shape index (κ2) is 4.59. The normalized spacial score (nSPS) is 10.7. The van der Waals surface area contributed by atoms with Crippen LogP contribution < -0.4 is 0 Å². The first-order valence-electron chi connectivity index (χ1n) is 3.92. The minimum Gasteiger partial charge on any atom is -0.421 e. The summed E-state index contributed by atoms with van der Waals surface area (Å²) in [4.78, 5) is 0. The van der Waals surface area contributed by atoms with Gasteiger partial charge in [-0.05, 0) is 28.7 Å². The molecule has 0 aliphatic rings. The maximum Gasteiger partial charge on any atom is 0.248 e. The van der Waals surface area contributed by atoms with Gasteiger partial charge in [0.2, 0.25) is 11.8 Å². The van der Waals surface area contributed by atoms with Gasteiger partial charge in [0.05, 0.1) is 8.45 Å². The fraction of sp³-hybridized carbons (Fsp3) is 0.250. The lowest BCUT2D eigenvalue weighted by Gasteiger charge is -1.86. The Morgan fingerprint density at radius 3 is 3.00 bits per heavy atom. The van der Waals surface area contributed by atoms with E-state index in [1.54, 1.807) is 11.3 Å². The van der Waals surface area contributed by atoms with Crippen LogP contribution in [0.1, 0.15) is 5.89 Å². The number of hydrogen-bond acceptors (Lipinski definition) is 4. The summed E-state index contributed by atoms with van der Waals surface area (Å²) in [5, 5.41) is 9.84. The van der Waals surface area contributed by atoms with Gasteiger partial charge in [-0.1, -0.05) is 0 Å². The number of alkyl halides is 1. The van der Waals surface area contributed by atoms with Crippen molar-refractivity contribution in [2.45, 2.75) is 6.42 Å². The molecule has 0 N–H and O–H groups in total. The summed E-state index contributed by atoms with van der Waals surface area (Å²) in [6, 6.07) is 2.02. The van der Waals surface area contributed by atoms with Gasteiger partial charge < -0.3 is 4.42 Å². The lowest BCUT2D eigenvalue weighted by atomic mass is 10.3. The number of halogens is 2. The van der Waals surface area contributed by atoms with E-state index in [4.69, 9.17) is 16.0 Å². The average Bonchev–Trinajstić information content (AvgIpc) is 2.74. The fourth-order valence-corrected chi connectivity index (χ4v) is 2.46. The van der Waals surface area contributed by atoms with E-state index < -0.39 is 0 Å². The number of thiophene rings is 1. The van der Waals surface area contributed by atoms with Crippen LogP contribution in [0.4, 0.5) is 0 Å². The molecule has 0 aliphatic carbocycles. The van der Waals surface area contributed by atoms with Crippen molar-refractivity contribution in [2.24, 2.45) is 0 Å². The van der Waals surface area contributed by atoms with Crippen molar-refractivity contribution >= 4 is 45.5 Å². The van der Waals surface area contributed by atoms with Crippen LogP contribution in [0.2, 0.25) is 0 Å². The monoisotopic (exact) mass is 340 g/mol. The summed E-state index contributed by atoms with van der Waals surface area (Å²) in [5.41, 5.74) is 0.979. The summed E-state index contributed by atoms with van der Waals surface area (Å²) in [5.74, 6) is 1.67. The highest BCUT2D eigenvalue weighted by Crippen LogP contribution is 2.25. The molecule has 0 spiro atoms. The molecule has 0 saturated heterocycles. The molecule has 2 heterocycles. The Kier molecular flexibility index (Phi) is 3.40. The van der Waals surface area contributed by atoms with Gasteiger partial charge in [0.25, 0.3) is 0 Å². The average molecular weight is 341 g/mol. The second-order valence-electron chi connectivity index (χ2n) is 2.58. The SMILES string of the molecule is ClCCc1nnc(-c2csc(I)c2)o1. The molecule has 6 heteroatoms. The molecule has 2 aromatic heterocycles. The lowest BCUT2D eigenvalue weighted by molar-refractivity contribution is 0.514. The van der Waals surface area contributed by atoms with Gasteiger partial charge in [-0.2, -0.15) is 0 Å². The Labute approximate surface area is 104 Å². The van der Waals surface area contributed by atoms with Gasteiger partial charge in [-0.3, -0.25) is 0 Å². The Balaban J connectivity index is 2.24. The van der Waals surface area contributed by atoms with Crippen molar-refractivity contribution in [1.82, 2.24) is 10.2 Å². The molecule has 0 radical (unpaired) electrons. The van der Waals surface area contributed by atoms with Gasteiger partial charge in [-0.25, -0.2) is 0 Å². The zero-order valence-electron chi connectivity index (χ0n) is 7.04. The largest absolute Gasteiger partial charge is 0.421 e. The van der Waals surface area contributed by atoms with Crippen LogP contribution in [0.15, 0.2) is 15.9 Å². The van der Waals surface area contributed by atoms with Gasteiger partial charge in [0.15, 0.2) is 0 Å². The lowest BCUT2D eigenvalue weighted by Crippen LogP contribution is -1.84. The van der Waals surface area contributed by atoms with E-state index in [-0.39, 0.29) is 0 Å². The van der Waals surface area contributed by atoms with E-state index in [0.29, 0.717) is 24.1 Å². The van der Waals surface area contributed by atoms with Crippen LogP contribution >= 0.6 is 45.5 Å². The number of hydrogen-bond donors (Lipinski definition) is 0. The summed E-state index contributed by atoms with van der Waals surface area (Å²) >= 11 is 9.48. The quantitative estimate of drug-likeness (QED) is 0.636. The molecule has 0 bridgehead atoms. The van der Waals surface area contributed by atoms with Crippen molar-refractivity contribution in [2.75, 3.05) is 5.88 Å². The molecule has 0 amide bonds. The van der Waals surface area contributed by atoms with E-state index in [9.17, 15) is 0 Å². The molecule has 0 unspecified atom stereocenters. The minimum atomic E-state index is 0.503. The molecule has 0 atom stereocenters. The third-order valence-electron chi connectivity index (χ3n) is 1.59. The molecule has 2 rings (SSSR count). The molecule has 3 nitrogen and oxygen atoms in total. The molecule has 0 fully saturated rings. The maximum absolute atomic E-state index is 5.57. The van der Waals surface area contributed by atoms with E-state index in [1.807, 2.05) is 11.4 Å². The Morgan fingerprint density at radius 1 is 1.50 bits per heavy atom. The van der Waals surface area contributed by atoms with E-state index in [0.717, 1.165) is 5.56 Å². The molecule has 2 aromatic rings. The Hall–Kier alpha value is -0.140. The number of aromatic nitrogens is 2. The third-order valence-corrected chi connectivity index (χ3v) is 3.57. The van der Waals surface area contributed by atoms with Crippen LogP contribution in [0.3, 0.4) is 0 Å². The van der Waals surface area contributed by atoms with E-state index in [1.165, 1.54) is 2.88 Å². The van der Waals surface area contributed by atoms with Crippen LogP contribution in [-0.4, -0.2) is 16.1 Å². The van der Waals surface area contributed by atoms with Crippen molar-refractivity contribution < 1.29 is 4.42 Å². The van der Waals surface area contributed by atoms with Crippen molar-refractivity contribution in [3.05, 3.63) is 20.2 Å². The first-order valence-corrected chi connectivity index (χ1v) is 6.41. The molecule has 0 aromatic carbocycles. The second-order valence-corrected chi connectivity index (χ2v) is 5.76. The van der Waals surface area contributed by atoms with E-state index >= 15 is 0 Å². The van der Waals surface area contributed by atoms with Crippen LogP contribution in [0, 0.1) is 2.88 Å². The molecule has 0 saturated carbocycles. The first-order chi connectivity index (χ1) is 6.79. The number of rotatable bonds is 3. The summed E-state index contributed by atoms with van der Waals surface area (Å²) in [7, 11) is 0. The minimum absolute atomic E-state index is 0.503.